The van der Waals surface area contributed by atoms with E-state index in [-0.39, 0.29) is 18.1 Å². The van der Waals surface area contributed by atoms with Crippen LogP contribution in [0.5, 0.6) is 5.75 Å². The first-order valence-electron chi connectivity index (χ1n) is 5.83. The third-order valence-corrected chi connectivity index (χ3v) is 4.46. The van der Waals surface area contributed by atoms with E-state index in [1.54, 1.807) is 24.3 Å². The van der Waals surface area contributed by atoms with Gasteiger partial charge in [-0.1, -0.05) is 0 Å². The lowest BCUT2D eigenvalue weighted by Crippen LogP contribution is -2.23. The lowest BCUT2D eigenvalue weighted by molar-refractivity contribution is -0.150. The molecule has 1 heterocycles. The molecule has 2 rings (SSSR count). The first kappa shape index (κ1) is 13.7. The number of carbonyl (C=O) groups excluding carboxylic acids is 1. The molecule has 1 saturated heterocycles. The minimum Gasteiger partial charge on any atom is -0.482 e. The molecule has 1 aromatic carbocycles. The fourth-order valence-corrected chi connectivity index (χ4v) is 3.37. The van der Waals surface area contributed by atoms with Crippen molar-refractivity contribution in [2.75, 3.05) is 23.8 Å². The lowest BCUT2D eigenvalue weighted by atomic mass is 10.3. The van der Waals surface area contributed by atoms with E-state index < -0.39 is 21.9 Å². The fourth-order valence-electron chi connectivity index (χ4n) is 1.78. The van der Waals surface area contributed by atoms with Crippen LogP contribution in [0.4, 0.5) is 5.69 Å². The zero-order chi connectivity index (χ0) is 13.9. The first-order valence-corrected chi connectivity index (χ1v) is 7.65. The van der Waals surface area contributed by atoms with Gasteiger partial charge in [0.1, 0.15) is 11.9 Å². The van der Waals surface area contributed by atoms with Crippen LogP contribution in [0.2, 0.25) is 0 Å². The Morgan fingerprint density at radius 1 is 1.32 bits per heavy atom. The van der Waals surface area contributed by atoms with Gasteiger partial charge >= 0.3 is 5.97 Å². The van der Waals surface area contributed by atoms with Gasteiger partial charge in [-0.05, 0) is 30.7 Å². The summed E-state index contributed by atoms with van der Waals surface area (Å²) in [6, 6.07) is 6.60. The topological polar surface area (TPSA) is 95.7 Å². The molecular weight excluding hydrogens is 270 g/mol. The normalized spacial score (nSPS) is 20.9. The highest BCUT2D eigenvalue weighted by Gasteiger charge is 2.30. The summed E-state index contributed by atoms with van der Waals surface area (Å²) in [6.45, 7) is -0.250. The highest BCUT2D eigenvalue weighted by Crippen LogP contribution is 2.16. The molecule has 1 atom stereocenters. The van der Waals surface area contributed by atoms with E-state index in [9.17, 15) is 13.2 Å². The second kappa shape index (κ2) is 5.48. The van der Waals surface area contributed by atoms with Crippen LogP contribution in [0.3, 0.4) is 0 Å². The van der Waals surface area contributed by atoms with Crippen molar-refractivity contribution in [3.63, 3.8) is 0 Å². The monoisotopic (exact) mass is 285 g/mol. The maximum Gasteiger partial charge on any atom is 0.344 e. The zero-order valence-electron chi connectivity index (χ0n) is 10.2. The van der Waals surface area contributed by atoms with Crippen molar-refractivity contribution >= 4 is 21.5 Å². The van der Waals surface area contributed by atoms with Gasteiger partial charge in [-0.3, -0.25) is 0 Å². The molecule has 0 amide bonds. The highest BCUT2D eigenvalue weighted by atomic mass is 32.2. The molecule has 0 bridgehead atoms. The van der Waals surface area contributed by atoms with Crippen LogP contribution < -0.4 is 10.5 Å². The summed E-state index contributed by atoms with van der Waals surface area (Å²) in [5, 5.41) is 0. The Balaban J connectivity index is 1.77. The Kier molecular flexibility index (Phi) is 3.94. The number of sulfone groups is 1. The molecule has 1 aromatic rings. The van der Waals surface area contributed by atoms with E-state index >= 15 is 0 Å². The lowest BCUT2D eigenvalue weighted by Gasteiger charge is -2.11. The molecule has 104 valence electrons. The molecule has 1 fully saturated rings. The molecule has 1 aliphatic heterocycles. The Bertz CT molecular complexity index is 552. The molecule has 19 heavy (non-hydrogen) atoms. The predicted molar refractivity (Wildman–Crippen MR) is 69.5 cm³/mol. The van der Waals surface area contributed by atoms with E-state index in [1.165, 1.54) is 0 Å². The van der Waals surface area contributed by atoms with Crippen LogP contribution in [0.15, 0.2) is 24.3 Å². The minimum atomic E-state index is -3.04. The van der Waals surface area contributed by atoms with Gasteiger partial charge in [0.15, 0.2) is 16.4 Å². The van der Waals surface area contributed by atoms with Gasteiger partial charge in [0.25, 0.3) is 0 Å². The number of nitrogen functional groups attached to an aromatic ring is 1. The third kappa shape index (κ3) is 4.13. The van der Waals surface area contributed by atoms with Crippen LogP contribution >= 0.6 is 0 Å². The summed E-state index contributed by atoms with van der Waals surface area (Å²) in [7, 11) is -3.04. The van der Waals surface area contributed by atoms with Crippen LogP contribution in [0, 0.1) is 0 Å². The zero-order valence-corrected chi connectivity index (χ0v) is 11.1. The maximum absolute atomic E-state index is 11.5. The smallest absolute Gasteiger partial charge is 0.344 e. The molecule has 0 spiro atoms. The summed E-state index contributed by atoms with van der Waals surface area (Å²) in [5.74, 6) is -0.0891. The summed E-state index contributed by atoms with van der Waals surface area (Å²) in [4.78, 5) is 11.5. The van der Waals surface area contributed by atoms with Gasteiger partial charge in [-0.2, -0.15) is 0 Å². The molecule has 6 nitrogen and oxygen atoms in total. The van der Waals surface area contributed by atoms with Gasteiger partial charge in [0.2, 0.25) is 0 Å². The predicted octanol–water partition coefficient (Wildman–Crippen LogP) is 0.378. The first-order chi connectivity index (χ1) is 8.94. The van der Waals surface area contributed by atoms with Crippen molar-refractivity contribution in [1.82, 2.24) is 0 Å². The van der Waals surface area contributed by atoms with E-state index in [2.05, 4.69) is 0 Å². The maximum atomic E-state index is 11.5. The molecule has 0 aliphatic carbocycles. The number of carbonyl (C=O) groups is 1. The third-order valence-electron chi connectivity index (χ3n) is 2.73. The molecule has 0 radical (unpaired) electrons. The number of esters is 1. The summed E-state index contributed by atoms with van der Waals surface area (Å²) in [6.07, 6.45) is -0.192. The Morgan fingerprint density at radius 3 is 2.58 bits per heavy atom. The van der Waals surface area contributed by atoms with Crippen LogP contribution in [-0.4, -0.2) is 38.6 Å². The molecule has 7 heteroatoms. The number of ether oxygens (including phenoxy) is 2. The molecule has 1 unspecified atom stereocenters. The van der Waals surface area contributed by atoms with Gasteiger partial charge < -0.3 is 15.2 Å². The van der Waals surface area contributed by atoms with Gasteiger partial charge in [-0.25, -0.2) is 13.2 Å². The quantitative estimate of drug-likeness (QED) is 0.634. The summed E-state index contributed by atoms with van der Waals surface area (Å²) < 4.78 is 32.6. The average molecular weight is 285 g/mol. The van der Waals surface area contributed by atoms with E-state index in [1.807, 2.05) is 0 Å². The average Bonchev–Trinajstić information content (AvgIpc) is 2.68. The number of rotatable bonds is 4. The fraction of sp³-hybridized carbons (Fsp3) is 0.417. The van der Waals surface area contributed by atoms with Crippen LogP contribution in [-0.2, 0) is 19.4 Å². The minimum absolute atomic E-state index is 0.0732. The number of nitrogens with two attached hydrogens (primary N) is 1. The second-order valence-corrected chi connectivity index (χ2v) is 6.60. The van der Waals surface area contributed by atoms with Crippen molar-refractivity contribution in [2.24, 2.45) is 0 Å². The van der Waals surface area contributed by atoms with Crippen molar-refractivity contribution < 1.29 is 22.7 Å². The van der Waals surface area contributed by atoms with Crippen molar-refractivity contribution in [2.45, 2.75) is 12.5 Å². The van der Waals surface area contributed by atoms with Gasteiger partial charge in [0.05, 0.1) is 11.5 Å². The number of hydrogen-bond donors (Lipinski definition) is 1. The van der Waals surface area contributed by atoms with E-state index in [4.69, 9.17) is 15.2 Å². The second-order valence-electron chi connectivity index (χ2n) is 4.37. The Hall–Kier alpha value is -1.76. The SMILES string of the molecule is Nc1ccc(OCC(=O)OC2CCS(=O)(=O)C2)cc1. The molecular formula is C12H15NO5S. The van der Waals surface area contributed by atoms with Crippen molar-refractivity contribution in [3.8, 4) is 5.75 Å². The van der Waals surface area contributed by atoms with E-state index in [0.717, 1.165) is 0 Å². The summed E-state index contributed by atoms with van der Waals surface area (Å²) in [5.41, 5.74) is 6.12. The Labute approximate surface area is 111 Å². The van der Waals surface area contributed by atoms with Gasteiger partial charge in [-0.15, -0.1) is 0 Å². The van der Waals surface area contributed by atoms with E-state index in [0.29, 0.717) is 17.9 Å². The molecule has 0 aromatic heterocycles. The number of hydrogen-bond acceptors (Lipinski definition) is 6. The van der Waals surface area contributed by atoms with Crippen LogP contribution in [0.1, 0.15) is 6.42 Å². The largest absolute Gasteiger partial charge is 0.482 e. The van der Waals surface area contributed by atoms with Gasteiger partial charge in [0, 0.05) is 5.69 Å². The molecule has 0 saturated carbocycles. The van der Waals surface area contributed by atoms with Crippen molar-refractivity contribution in [1.29, 1.82) is 0 Å². The van der Waals surface area contributed by atoms with Crippen LogP contribution in [0.25, 0.3) is 0 Å². The number of anilines is 1. The molecule has 2 N–H and O–H groups in total. The summed E-state index contributed by atoms with van der Waals surface area (Å²) >= 11 is 0. The molecule has 1 aliphatic rings. The van der Waals surface area contributed by atoms with Crippen molar-refractivity contribution in [3.05, 3.63) is 24.3 Å². The number of benzene rings is 1. The Morgan fingerprint density at radius 2 is 2.00 bits per heavy atom. The highest BCUT2D eigenvalue weighted by molar-refractivity contribution is 7.91. The standard InChI is InChI=1S/C12H15NO5S/c13-9-1-3-10(4-2-9)17-7-12(14)18-11-5-6-19(15,16)8-11/h1-4,11H,5-8,13H2.